The maximum Gasteiger partial charge on any atom is 0.0931 e. The Balaban J connectivity index is 2.80. The van der Waals surface area contributed by atoms with Gasteiger partial charge in [0.05, 0.1) is 4.34 Å². The van der Waals surface area contributed by atoms with E-state index in [4.69, 9.17) is 11.6 Å². The Hall–Kier alpha value is -0.0900. The molecular weight excluding hydrogens is 218 g/mol. The zero-order valence-corrected chi connectivity index (χ0v) is 10.0. The van der Waals surface area contributed by atoms with E-state index in [-0.39, 0.29) is 18.6 Å². The molecule has 0 aliphatic heterocycles. The molecule has 0 fully saturated rings. The van der Waals surface area contributed by atoms with Crippen molar-refractivity contribution in [2.24, 2.45) is 5.92 Å². The van der Waals surface area contributed by atoms with Crippen molar-refractivity contribution in [3.63, 3.8) is 0 Å². The van der Waals surface area contributed by atoms with Crippen LogP contribution in [0.4, 0.5) is 0 Å². The standard InChI is InChI=1S/C10H16ClNOS/c1-3-7(6-13)10(12-2)8-4-5-9(11)14-8/h4-5,7,10,12-13H,3,6H2,1-2H3. The molecule has 0 amide bonds. The molecule has 0 spiro atoms. The van der Waals surface area contributed by atoms with E-state index >= 15 is 0 Å². The average Bonchev–Trinajstić information content (AvgIpc) is 2.60. The van der Waals surface area contributed by atoms with Crippen LogP contribution in [-0.2, 0) is 0 Å². The fourth-order valence-electron chi connectivity index (χ4n) is 1.58. The molecule has 0 bridgehead atoms. The zero-order valence-electron chi connectivity index (χ0n) is 8.46. The van der Waals surface area contributed by atoms with Gasteiger partial charge in [-0.2, -0.15) is 0 Å². The molecule has 2 nitrogen and oxygen atoms in total. The van der Waals surface area contributed by atoms with E-state index in [0.717, 1.165) is 10.8 Å². The first-order valence-electron chi connectivity index (χ1n) is 4.76. The summed E-state index contributed by atoms with van der Waals surface area (Å²) >= 11 is 7.45. The van der Waals surface area contributed by atoms with Crippen molar-refractivity contribution in [3.8, 4) is 0 Å². The number of hydrogen-bond donors (Lipinski definition) is 2. The summed E-state index contributed by atoms with van der Waals surface area (Å²) in [5.74, 6) is 0.259. The molecule has 0 saturated heterocycles. The Morgan fingerprint density at radius 1 is 1.57 bits per heavy atom. The maximum atomic E-state index is 9.23. The Morgan fingerprint density at radius 3 is 2.64 bits per heavy atom. The predicted octanol–water partition coefficient (Wildman–Crippen LogP) is 2.68. The first-order valence-corrected chi connectivity index (χ1v) is 5.95. The Bertz CT molecular complexity index is 273. The van der Waals surface area contributed by atoms with Crippen LogP contribution < -0.4 is 5.32 Å². The molecule has 2 atom stereocenters. The van der Waals surface area contributed by atoms with Crippen LogP contribution in [0.1, 0.15) is 24.3 Å². The maximum absolute atomic E-state index is 9.23. The first-order chi connectivity index (χ1) is 6.72. The van der Waals surface area contributed by atoms with E-state index in [1.54, 1.807) is 11.3 Å². The van der Waals surface area contributed by atoms with E-state index in [1.165, 1.54) is 4.88 Å². The van der Waals surface area contributed by atoms with Gasteiger partial charge in [0.1, 0.15) is 0 Å². The van der Waals surface area contributed by atoms with Crippen molar-refractivity contribution in [2.75, 3.05) is 13.7 Å². The Morgan fingerprint density at radius 2 is 2.29 bits per heavy atom. The number of nitrogens with one attached hydrogen (secondary N) is 1. The van der Waals surface area contributed by atoms with Crippen LogP contribution in [0.5, 0.6) is 0 Å². The summed E-state index contributed by atoms with van der Waals surface area (Å²) in [6.07, 6.45) is 0.956. The molecule has 1 heterocycles. The summed E-state index contributed by atoms with van der Waals surface area (Å²) in [4.78, 5) is 1.19. The third-order valence-electron chi connectivity index (χ3n) is 2.44. The summed E-state index contributed by atoms with van der Waals surface area (Å²) in [5, 5.41) is 12.5. The largest absolute Gasteiger partial charge is 0.396 e. The Kier molecular flexibility index (Phi) is 4.89. The lowest BCUT2D eigenvalue weighted by molar-refractivity contribution is 0.190. The summed E-state index contributed by atoms with van der Waals surface area (Å²) in [6.45, 7) is 2.29. The number of aliphatic hydroxyl groups excluding tert-OH is 1. The van der Waals surface area contributed by atoms with Crippen LogP contribution >= 0.6 is 22.9 Å². The highest BCUT2D eigenvalue weighted by Crippen LogP contribution is 2.31. The second-order valence-electron chi connectivity index (χ2n) is 3.26. The van der Waals surface area contributed by atoms with Crippen LogP contribution in [0.15, 0.2) is 12.1 Å². The fourth-order valence-corrected chi connectivity index (χ4v) is 2.84. The van der Waals surface area contributed by atoms with Gasteiger partial charge in [-0.15, -0.1) is 11.3 Å². The lowest BCUT2D eigenvalue weighted by atomic mass is 9.97. The molecule has 80 valence electrons. The molecule has 1 rings (SSSR count). The van der Waals surface area contributed by atoms with Crippen molar-refractivity contribution in [2.45, 2.75) is 19.4 Å². The van der Waals surface area contributed by atoms with Crippen molar-refractivity contribution in [1.29, 1.82) is 0 Å². The predicted molar refractivity (Wildman–Crippen MR) is 62.0 cm³/mol. The van der Waals surface area contributed by atoms with Crippen LogP contribution in [0.25, 0.3) is 0 Å². The molecule has 1 aromatic heterocycles. The minimum Gasteiger partial charge on any atom is -0.396 e. The van der Waals surface area contributed by atoms with Gasteiger partial charge in [0.25, 0.3) is 0 Å². The smallest absolute Gasteiger partial charge is 0.0931 e. The molecule has 0 radical (unpaired) electrons. The van der Waals surface area contributed by atoms with Crippen LogP contribution in [-0.4, -0.2) is 18.8 Å². The fraction of sp³-hybridized carbons (Fsp3) is 0.600. The molecule has 0 aromatic carbocycles. The number of thiophene rings is 1. The molecular formula is C10H16ClNOS. The normalized spacial score (nSPS) is 15.4. The summed E-state index contributed by atoms with van der Waals surface area (Å²) in [5.41, 5.74) is 0. The van der Waals surface area contributed by atoms with Gasteiger partial charge in [0.15, 0.2) is 0 Å². The summed E-state index contributed by atoms with van der Waals surface area (Å²) < 4.78 is 0.799. The molecule has 1 aromatic rings. The lowest BCUT2D eigenvalue weighted by Crippen LogP contribution is -2.26. The molecule has 0 saturated carbocycles. The second-order valence-corrected chi connectivity index (χ2v) is 5.01. The van der Waals surface area contributed by atoms with Gasteiger partial charge in [0, 0.05) is 23.4 Å². The second kappa shape index (κ2) is 5.71. The van der Waals surface area contributed by atoms with E-state index < -0.39 is 0 Å². The minimum absolute atomic E-state index is 0.206. The monoisotopic (exact) mass is 233 g/mol. The third-order valence-corrected chi connectivity index (χ3v) is 3.76. The highest BCUT2D eigenvalue weighted by Gasteiger charge is 2.20. The first kappa shape index (κ1) is 12.0. The van der Waals surface area contributed by atoms with Gasteiger partial charge in [-0.05, 0) is 25.6 Å². The van der Waals surface area contributed by atoms with E-state index in [1.807, 2.05) is 19.2 Å². The number of halogens is 1. The van der Waals surface area contributed by atoms with Gasteiger partial charge >= 0.3 is 0 Å². The zero-order chi connectivity index (χ0) is 10.6. The molecule has 2 N–H and O–H groups in total. The molecule has 0 aliphatic rings. The van der Waals surface area contributed by atoms with E-state index in [2.05, 4.69) is 12.2 Å². The molecule has 14 heavy (non-hydrogen) atoms. The van der Waals surface area contributed by atoms with Crippen LogP contribution in [0.2, 0.25) is 4.34 Å². The number of aliphatic hydroxyl groups is 1. The molecule has 4 heteroatoms. The number of hydrogen-bond acceptors (Lipinski definition) is 3. The van der Waals surface area contributed by atoms with Crippen LogP contribution in [0, 0.1) is 5.92 Å². The highest BCUT2D eigenvalue weighted by molar-refractivity contribution is 7.16. The van der Waals surface area contributed by atoms with E-state index in [0.29, 0.717) is 0 Å². The van der Waals surface area contributed by atoms with Gasteiger partial charge < -0.3 is 10.4 Å². The average molecular weight is 234 g/mol. The van der Waals surface area contributed by atoms with Gasteiger partial charge in [-0.25, -0.2) is 0 Å². The van der Waals surface area contributed by atoms with E-state index in [9.17, 15) is 5.11 Å². The van der Waals surface area contributed by atoms with Gasteiger partial charge in [0.2, 0.25) is 0 Å². The third kappa shape index (κ3) is 2.70. The summed E-state index contributed by atoms with van der Waals surface area (Å²) in [6, 6.07) is 4.13. The Labute approximate surface area is 93.9 Å². The highest BCUT2D eigenvalue weighted by atomic mass is 35.5. The minimum atomic E-state index is 0.206. The molecule has 0 aliphatic carbocycles. The molecule has 2 unspecified atom stereocenters. The van der Waals surface area contributed by atoms with Crippen molar-refractivity contribution in [1.82, 2.24) is 5.32 Å². The van der Waals surface area contributed by atoms with Crippen LogP contribution in [0.3, 0.4) is 0 Å². The van der Waals surface area contributed by atoms with Crippen molar-refractivity contribution in [3.05, 3.63) is 21.3 Å². The van der Waals surface area contributed by atoms with Gasteiger partial charge in [-0.1, -0.05) is 18.5 Å². The topological polar surface area (TPSA) is 32.3 Å². The summed E-state index contributed by atoms with van der Waals surface area (Å²) in [7, 11) is 1.91. The lowest BCUT2D eigenvalue weighted by Gasteiger charge is -2.22. The quantitative estimate of drug-likeness (QED) is 0.820. The van der Waals surface area contributed by atoms with Gasteiger partial charge in [-0.3, -0.25) is 0 Å². The number of rotatable bonds is 5. The SMILES string of the molecule is CCC(CO)C(NC)c1ccc(Cl)s1. The van der Waals surface area contributed by atoms with Crippen molar-refractivity contribution < 1.29 is 5.11 Å². The van der Waals surface area contributed by atoms with Crippen molar-refractivity contribution >= 4 is 22.9 Å².